The van der Waals surface area contributed by atoms with Crippen molar-refractivity contribution in [2.24, 2.45) is 5.73 Å². The highest BCUT2D eigenvalue weighted by Gasteiger charge is 2.39. The van der Waals surface area contributed by atoms with Crippen molar-refractivity contribution in [2.75, 3.05) is 0 Å². The Bertz CT molecular complexity index is 663. The highest BCUT2D eigenvalue weighted by atomic mass is 16.4. The maximum absolute atomic E-state index is 11.9. The van der Waals surface area contributed by atoms with Crippen LogP contribution in [-0.4, -0.2) is 27.6 Å². The first kappa shape index (κ1) is 14.8. The average Bonchev–Trinajstić information content (AvgIpc) is 2.42. The molecule has 0 fully saturated rings. The quantitative estimate of drug-likeness (QED) is 0.648. The van der Waals surface area contributed by atoms with Crippen LogP contribution in [0.25, 0.3) is 0 Å². The highest BCUT2D eigenvalue weighted by Crippen LogP contribution is 2.29. The SMILES string of the molecule is CC(=O)C1(N)NC=CC(C(=O)O)=C1Cc1ccccc1O. The van der Waals surface area contributed by atoms with Gasteiger partial charge in [0, 0.05) is 6.42 Å². The molecule has 1 aromatic carbocycles. The first-order valence-corrected chi connectivity index (χ1v) is 6.34. The summed E-state index contributed by atoms with van der Waals surface area (Å²) in [5, 5.41) is 21.9. The molecule has 5 N–H and O–H groups in total. The second-order valence-electron chi connectivity index (χ2n) is 4.84. The predicted molar refractivity (Wildman–Crippen MR) is 76.3 cm³/mol. The summed E-state index contributed by atoms with van der Waals surface area (Å²) in [7, 11) is 0. The summed E-state index contributed by atoms with van der Waals surface area (Å²) in [6, 6.07) is 6.52. The van der Waals surface area contributed by atoms with Gasteiger partial charge in [0.05, 0.1) is 5.57 Å². The van der Waals surface area contributed by atoms with E-state index in [4.69, 9.17) is 5.73 Å². The second-order valence-corrected chi connectivity index (χ2v) is 4.84. The maximum Gasteiger partial charge on any atom is 0.335 e. The number of dihydropyridines is 1. The van der Waals surface area contributed by atoms with Crippen LogP contribution in [-0.2, 0) is 16.0 Å². The minimum absolute atomic E-state index is 0.0233. The van der Waals surface area contributed by atoms with Crippen LogP contribution < -0.4 is 11.1 Å². The Balaban J connectivity index is 2.56. The van der Waals surface area contributed by atoms with Crippen LogP contribution in [0.3, 0.4) is 0 Å². The molecule has 6 nitrogen and oxygen atoms in total. The third kappa shape index (κ3) is 2.66. The van der Waals surface area contributed by atoms with E-state index < -0.39 is 17.4 Å². The lowest BCUT2D eigenvalue weighted by Gasteiger charge is -2.34. The van der Waals surface area contributed by atoms with E-state index in [9.17, 15) is 19.8 Å². The van der Waals surface area contributed by atoms with Crippen LogP contribution in [0.5, 0.6) is 5.75 Å². The molecule has 0 spiro atoms. The number of carbonyl (C=O) groups excluding carboxylic acids is 1. The van der Waals surface area contributed by atoms with Gasteiger partial charge < -0.3 is 15.5 Å². The molecule has 110 valence electrons. The zero-order valence-electron chi connectivity index (χ0n) is 11.5. The van der Waals surface area contributed by atoms with Crippen LogP contribution in [0.1, 0.15) is 12.5 Å². The lowest BCUT2D eigenvalue weighted by atomic mass is 9.85. The van der Waals surface area contributed by atoms with Gasteiger partial charge in [-0.25, -0.2) is 4.79 Å². The predicted octanol–water partition coefficient (Wildman–Crippen LogP) is 0.677. The second kappa shape index (κ2) is 5.41. The highest BCUT2D eigenvalue weighted by molar-refractivity contribution is 5.97. The molecule has 0 saturated heterocycles. The van der Waals surface area contributed by atoms with Gasteiger partial charge in [0.25, 0.3) is 0 Å². The standard InChI is InChI=1S/C15H16N2O4/c1-9(18)15(16)12(11(14(20)21)6-7-17-15)8-10-4-2-3-5-13(10)19/h2-7,17,19H,8,16H2,1H3,(H,20,21). The summed E-state index contributed by atoms with van der Waals surface area (Å²) in [4.78, 5) is 23.2. The number of nitrogens with one attached hydrogen (secondary N) is 1. The monoisotopic (exact) mass is 288 g/mol. The van der Waals surface area contributed by atoms with Gasteiger partial charge >= 0.3 is 5.97 Å². The molecule has 1 unspecified atom stereocenters. The number of aromatic hydroxyl groups is 1. The fraction of sp³-hybridized carbons (Fsp3) is 0.200. The van der Waals surface area contributed by atoms with Crippen molar-refractivity contribution >= 4 is 11.8 Å². The van der Waals surface area contributed by atoms with Crippen LogP contribution in [0, 0.1) is 0 Å². The van der Waals surface area contributed by atoms with Crippen molar-refractivity contribution in [3.05, 3.63) is 53.3 Å². The normalized spacial score (nSPS) is 21.0. The Hall–Kier alpha value is -2.60. The summed E-state index contributed by atoms with van der Waals surface area (Å²) in [5.74, 6) is -1.56. The smallest absolute Gasteiger partial charge is 0.335 e. The third-order valence-corrected chi connectivity index (χ3v) is 3.51. The zero-order chi connectivity index (χ0) is 15.6. The summed E-state index contributed by atoms with van der Waals surface area (Å²) in [6.45, 7) is 1.29. The number of phenols is 1. The third-order valence-electron chi connectivity index (χ3n) is 3.51. The number of para-hydroxylation sites is 1. The van der Waals surface area contributed by atoms with Gasteiger partial charge in [-0.2, -0.15) is 0 Å². The van der Waals surface area contributed by atoms with E-state index in [1.807, 2.05) is 0 Å². The fourth-order valence-electron chi connectivity index (χ4n) is 2.26. The Labute approximate surface area is 121 Å². The lowest BCUT2D eigenvalue weighted by Crippen LogP contribution is -2.60. The minimum atomic E-state index is -1.59. The number of phenolic OH excluding ortho intramolecular Hbond substituents is 1. The molecule has 1 aliphatic rings. The van der Waals surface area contributed by atoms with Crippen LogP contribution >= 0.6 is 0 Å². The lowest BCUT2D eigenvalue weighted by molar-refractivity contribution is -0.132. The van der Waals surface area contributed by atoms with E-state index in [1.165, 1.54) is 25.3 Å². The Morgan fingerprint density at radius 3 is 2.57 bits per heavy atom. The molecular weight excluding hydrogens is 272 g/mol. The molecular formula is C15H16N2O4. The van der Waals surface area contributed by atoms with Crippen molar-refractivity contribution < 1.29 is 19.8 Å². The largest absolute Gasteiger partial charge is 0.508 e. The molecule has 0 amide bonds. The van der Waals surface area contributed by atoms with Gasteiger partial charge in [-0.3, -0.25) is 10.5 Å². The van der Waals surface area contributed by atoms with Crippen molar-refractivity contribution in [3.63, 3.8) is 0 Å². The molecule has 0 aliphatic carbocycles. The fourth-order valence-corrected chi connectivity index (χ4v) is 2.26. The number of hydrogen-bond acceptors (Lipinski definition) is 5. The van der Waals surface area contributed by atoms with E-state index in [-0.39, 0.29) is 23.3 Å². The molecule has 0 bridgehead atoms. The van der Waals surface area contributed by atoms with Gasteiger partial charge in [-0.15, -0.1) is 0 Å². The first-order valence-electron chi connectivity index (χ1n) is 6.34. The summed E-state index contributed by atoms with van der Waals surface area (Å²) in [5.41, 5.74) is 5.13. The van der Waals surface area contributed by atoms with E-state index in [2.05, 4.69) is 5.32 Å². The van der Waals surface area contributed by atoms with Gasteiger partial charge in [0.2, 0.25) is 0 Å². The summed E-state index contributed by atoms with van der Waals surface area (Å²) < 4.78 is 0. The van der Waals surface area contributed by atoms with E-state index in [1.54, 1.807) is 18.2 Å². The van der Waals surface area contributed by atoms with Gasteiger partial charge in [-0.05, 0) is 36.4 Å². The van der Waals surface area contributed by atoms with E-state index >= 15 is 0 Å². The maximum atomic E-state index is 11.9. The number of carbonyl (C=O) groups is 2. The number of carboxylic acid groups (broad SMARTS) is 1. The van der Waals surface area contributed by atoms with Crippen molar-refractivity contribution in [1.82, 2.24) is 5.32 Å². The minimum Gasteiger partial charge on any atom is -0.508 e. The van der Waals surface area contributed by atoms with Gasteiger partial charge in [0.1, 0.15) is 5.75 Å². The Morgan fingerprint density at radius 2 is 2.00 bits per heavy atom. The molecule has 0 radical (unpaired) electrons. The number of rotatable bonds is 4. The average molecular weight is 288 g/mol. The number of Topliss-reactive ketones (excluding diaryl/α,β-unsaturated/α-hetero) is 1. The Kier molecular flexibility index (Phi) is 3.82. The zero-order valence-corrected chi connectivity index (χ0v) is 11.5. The van der Waals surface area contributed by atoms with Crippen molar-refractivity contribution in [1.29, 1.82) is 0 Å². The van der Waals surface area contributed by atoms with Crippen molar-refractivity contribution in [3.8, 4) is 5.75 Å². The molecule has 0 aromatic heterocycles. The topological polar surface area (TPSA) is 113 Å². The molecule has 21 heavy (non-hydrogen) atoms. The molecule has 1 aliphatic heterocycles. The number of aliphatic carboxylic acids is 1. The van der Waals surface area contributed by atoms with Crippen LogP contribution in [0.15, 0.2) is 47.7 Å². The Morgan fingerprint density at radius 1 is 1.33 bits per heavy atom. The summed E-state index contributed by atoms with van der Waals surface area (Å²) >= 11 is 0. The molecule has 2 rings (SSSR count). The number of benzene rings is 1. The van der Waals surface area contributed by atoms with Gasteiger partial charge in [0.15, 0.2) is 11.4 Å². The molecule has 1 heterocycles. The van der Waals surface area contributed by atoms with E-state index in [0.29, 0.717) is 5.56 Å². The molecule has 1 atom stereocenters. The van der Waals surface area contributed by atoms with Crippen LogP contribution in [0.4, 0.5) is 0 Å². The van der Waals surface area contributed by atoms with Gasteiger partial charge in [-0.1, -0.05) is 18.2 Å². The first-order chi connectivity index (χ1) is 9.86. The number of ketones is 1. The number of nitrogens with two attached hydrogens (primary N) is 1. The molecule has 0 saturated carbocycles. The molecule has 6 heteroatoms. The van der Waals surface area contributed by atoms with Crippen LogP contribution in [0.2, 0.25) is 0 Å². The van der Waals surface area contributed by atoms with Crippen molar-refractivity contribution in [2.45, 2.75) is 19.0 Å². The summed E-state index contributed by atoms with van der Waals surface area (Å²) in [6.07, 6.45) is 2.76. The molecule has 1 aromatic rings. The number of carboxylic acids is 1. The number of hydrogen-bond donors (Lipinski definition) is 4. The van der Waals surface area contributed by atoms with E-state index in [0.717, 1.165) is 0 Å².